The molecule has 104 valence electrons. The van der Waals surface area contributed by atoms with Crippen LogP contribution in [0.3, 0.4) is 0 Å². The second-order valence-corrected chi connectivity index (χ2v) is 8.00. The van der Waals surface area contributed by atoms with Gasteiger partial charge in [0.2, 0.25) is 0 Å². The summed E-state index contributed by atoms with van der Waals surface area (Å²) in [6.45, 7) is 1.32. The van der Waals surface area contributed by atoms with Crippen LogP contribution in [-0.4, -0.2) is 32.3 Å². The molecule has 1 amide bonds. The third kappa shape index (κ3) is 3.24. The van der Waals surface area contributed by atoms with Crippen molar-refractivity contribution in [3.05, 3.63) is 27.2 Å². The average Bonchev–Trinajstić information content (AvgIpc) is 2.79. The van der Waals surface area contributed by atoms with Gasteiger partial charge in [-0.2, -0.15) is 0 Å². The Balaban J connectivity index is 2.48. The fourth-order valence-electron chi connectivity index (χ4n) is 1.97. The lowest BCUT2D eigenvalue weighted by molar-refractivity contribution is 0.0792. The zero-order valence-electron chi connectivity index (χ0n) is 9.70. The van der Waals surface area contributed by atoms with E-state index in [1.165, 1.54) is 12.1 Å². The van der Waals surface area contributed by atoms with E-state index in [2.05, 4.69) is 15.9 Å². The monoisotopic (exact) mass is 385 g/mol. The number of hydrogen-bond donors (Lipinski definition) is 0. The van der Waals surface area contributed by atoms with Gasteiger partial charge in [-0.1, -0.05) is 11.6 Å². The quantitative estimate of drug-likeness (QED) is 0.733. The molecule has 0 saturated carbocycles. The highest BCUT2D eigenvalue weighted by Gasteiger charge is 2.25. The van der Waals surface area contributed by atoms with Crippen LogP contribution in [0.15, 0.2) is 21.5 Å². The van der Waals surface area contributed by atoms with Crippen LogP contribution >= 0.6 is 38.2 Å². The van der Waals surface area contributed by atoms with E-state index in [0.717, 1.165) is 12.8 Å². The maximum Gasteiger partial charge on any atom is 0.262 e. The maximum atomic E-state index is 12.2. The topological polar surface area (TPSA) is 54.5 Å². The summed E-state index contributed by atoms with van der Waals surface area (Å²) in [5, 5.41) is 0.202. The van der Waals surface area contributed by atoms with E-state index in [1.54, 1.807) is 4.90 Å². The normalized spacial score (nSPS) is 15.8. The largest absolute Gasteiger partial charge is 0.339 e. The Bertz CT molecular complexity index is 627. The first-order valence-corrected chi connectivity index (χ1v) is 9.01. The van der Waals surface area contributed by atoms with Crippen molar-refractivity contribution < 1.29 is 13.2 Å². The lowest BCUT2D eigenvalue weighted by atomic mass is 10.2. The Morgan fingerprint density at radius 3 is 2.37 bits per heavy atom. The Hall–Kier alpha value is -0.300. The lowest BCUT2D eigenvalue weighted by Gasteiger charge is -2.16. The summed E-state index contributed by atoms with van der Waals surface area (Å²) in [6, 6.07) is 2.59. The van der Waals surface area contributed by atoms with E-state index in [9.17, 15) is 13.2 Å². The van der Waals surface area contributed by atoms with E-state index < -0.39 is 9.05 Å². The maximum absolute atomic E-state index is 12.2. The molecule has 19 heavy (non-hydrogen) atoms. The molecule has 2 rings (SSSR count). The number of likely N-dealkylation sites (tertiary alicyclic amines) is 1. The van der Waals surface area contributed by atoms with Gasteiger partial charge < -0.3 is 4.90 Å². The Morgan fingerprint density at radius 2 is 1.84 bits per heavy atom. The predicted octanol–water partition coefficient (Wildman–Crippen LogP) is 3.27. The summed E-state index contributed by atoms with van der Waals surface area (Å²) in [4.78, 5) is 13.7. The molecule has 1 fully saturated rings. The average molecular weight is 387 g/mol. The van der Waals surface area contributed by atoms with Crippen LogP contribution in [0.1, 0.15) is 23.2 Å². The standard InChI is InChI=1S/C11H10BrCl2NO3S/c12-8-6-9(13)7(5-10(8)19(14,17)18)11(16)15-3-1-2-4-15/h5-6H,1-4H2. The van der Waals surface area contributed by atoms with E-state index >= 15 is 0 Å². The summed E-state index contributed by atoms with van der Waals surface area (Å²) < 4.78 is 23.1. The van der Waals surface area contributed by atoms with Crippen molar-refractivity contribution in [2.24, 2.45) is 0 Å². The van der Waals surface area contributed by atoms with Crippen LogP contribution in [0.2, 0.25) is 5.02 Å². The van der Waals surface area contributed by atoms with E-state index in [4.69, 9.17) is 22.3 Å². The number of halogens is 3. The van der Waals surface area contributed by atoms with Gasteiger partial charge in [-0.25, -0.2) is 8.42 Å². The number of rotatable bonds is 2. The number of carbonyl (C=O) groups is 1. The molecule has 0 aromatic heterocycles. The molecule has 1 aromatic rings. The first-order valence-electron chi connectivity index (χ1n) is 5.53. The third-order valence-electron chi connectivity index (χ3n) is 2.91. The molecule has 1 aliphatic heterocycles. The minimum Gasteiger partial charge on any atom is -0.339 e. The highest BCUT2D eigenvalue weighted by atomic mass is 79.9. The van der Waals surface area contributed by atoms with E-state index in [0.29, 0.717) is 13.1 Å². The fourth-order valence-corrected chi connectivity index (χ4v) is 4.54. The third-order valence-corrected chi connectivity index (χ3v) is 5.50. The van der Waals surface area contributed by atoms with Crippen molar-refractivity contribution in [3.63, 3.8) is 0 Å². The molecule has 0 N–H and O–H groups in total. The van der Waals surface area contributed by atoms with Gasteiger partial charge in [-0.15, -0.1) is 0 Å². The molecule has 1 aromatic carbocycles. The summed E-state index contributed by atoms with van der Waals surface area (Å²) in [6.07, 6.45) is 1.89. The van der Waals surface area contributed by atoms with Crippen LogP contribution in [-0.2, 0) is 9.05 Å². The van der Waals surface area contributed by atoms with E-state index in [1.807, 2.05) is 0 Å². The van der Waals surface area contributed by atoms with Crippen LogP contribution in [0.25, 0.3) is 0 Å². The molecule has 8 heteroatoms. The van der Waals surface area contributed by atoms with Crippen molar-refractivity contribution in [1.29, 1.82) is 0 Å². The first-order chi connectivity index (χ1) is 8.80. The minimum absolute atomic E-state index is 0.152. The molecule has 1 aliphatic rings. The Kier molecular flexibility index (Phi) is 4.45. The van der Waals surface area contributed by atoms with Crippen LogP contribution < -0.4 is 0 Å². The molecule has 0 bridgehead atoms. The smallest absolute Gasteiger partial charge is 0.262 e. The molecule has 4 nitrogen and oxygen atoms in total. The highest BCUT2D eigenvalue weighted by Crippen LogP contribution is 2.32. The van der Waals surface area contributed by atoms with Crippen molar-refractivity contribution in [1.82, 2.24) is 4.90 Å². The molecular formula is C11H10BrCl2NO3S. The number of hydrogen-bond acceptors (Lipinski definition) is 3. The van der Waals surface area contributed by atoms with Gasteiger partial charge in [0.25, 0.3) is 15.0 Å². The van der Waals surface area contributed by atoms with Crippen LogP contribution in [0, 0.1) is 0 Å². The van der Waals surface area contributed by atoms with Gasteiger partial charge in [0.1, 0.15) is 0 Å². The first kappa shape index (κ1) is 15.1. The van der Waals surface area contributed by atoms with Gasteiger partial charge >= 0.3 is 0 Å². The number of carbonyl (C=O) groups excluding carboxylic acids is 1. The molecule has 1 heterocycles. The van der Waals surface area contributed by atoms with Crippen molar-refractivity contribution in [2.45, 2.75) is 17.7 Å². The Labute approximate surface area is 129 Å². The molecule has 1 saturated heterocycles. The summed E-state index contributed by atoms with van der Waals surface area (Å²) >= 11 is 9.09. The lowest BCUT2D eigenvalue weighted by Crippen LogP contribution is -2.28. The molecular weight excluding hydrogens is 377 g/mol. The van der Waals surface area contributed by atoms with Crippen LogP contribution in [0.4, 0.5) is 0 Å². The SMILES string of the molecule is O=C(c1cc(S(=O)(=O)Cl)c(Br)cc1Cl)N1CCCC1. The summed E-state index contributed by atoms with van der Waals surface area (Å²) in [5.74, 6) is -0.267. The van der Waals surface area contributed by atoms with Gasteiger partial charge in [-0.05, 0) is 40.9 Å². The molecule has 0 spiro atoms. The highest BCUT2D eigenvalue weighted by molar-refractivity contribution is 9.10. The van der Waals surface area contributed by atoms with Gasteiger partial charge in [0, 0.05) is 28.2 Å². The number of nitrogens with zero attached hydrogens (tertiary/aromatic N) is 1. The Morgan fingerprint density at radius 1 is 1.26 bits per heavy atom. The molecule has 0 aliphatic carbocycles. The fraction of sp³-hybridized carbons (Fsp3) is 0.364. The second kappa shape index (κ2) is 5.60. The summed E-state index contributed by atoms with van der Waals surface area (Å²) in [7, 11) is 1.39. The van der Waals surface area contributed by atoms with Crippen molar-refractivity contribution in [2.75, 3.05) is 13.1 Å². The van der Waals surface area contributed by atoms with Crippen molar-refractivity contribution >= 4 is 53.2 Å². The zero-order valence-corrected chi connectivity index (χ0v) is 13.6. The molecule has 0 radical (unpaired) electrons. The van der Waals surface area contributed by atoms with Gasteiger partial charge in [0.15, 0.2) is 0 Å². The second-order valence-electron chi connectivity index (χ2n) is 4.20. The minimum atomic E-state index is -3.93. The van der Waals surface area contributed by atoms with Crippen LogP contribution in [0.5, 0.6) is 0 Å². The predicted molar refractivity (Wildman–Crippen MR) is 77.3 cm³/mol. The van der Waals surface area contributed by atoms with Gasteiger partial charge in [0.05, 0.1) is 15.5 Å². The summed E-state index contributed by atoms with van der Waals surface area (Å²) in [5.41, 5.74) is 0.158. The van der Waals surface area contributed by atoms with E-state index in [-0.39, 0.29) is 25.9 Å². The molecule has 0 unspecified atom stereocenters. The zero-order chi connectivity index (χ0) is 14.2. The number of amides is 1. The molecule has 0 atom stereocenters. The van der Waals surface area contributed by atoms with Crippen molar-refractivity contribution in [3.8, 4) is 0 Å². The number of benzene rings is 1. The van der Waals surface area contributed by atoms with Gasteiger partial charge in [-0.3, -0.25) is 4.79 Å².